The van der Waals surface area contributed by atoms with Gasteiger partial charge >= 0.3 is 47.8 Å². The highest BCUT2D eigenvalue weighted by Gasteiger charge is 2.54. The molecule has 0 aromatic heterocycles. The number of esters is 8. The summed E-state index contributed by atoms with van der Waals surface area (Å²) >= 11 is 0. The van der Waals surface area contributed by atoms with Gasteiger partial charge in [0, 0.05) is 55.4 Å². The fourth-order valence-electron chi connectivity index (χ4n) is 5.23. The van der Waals surface area contributed by atoms with Crippen LogP contribution in [0.5, 0.6) is 0 Å². The third kappa shape index (κ3) is 15.6. The monoisotopic (exact) mass is 766 g/mol. The van der Waals surface area contributed by atoms with E-state index >= 15 is 0 Å². The van der Waals surface area contributed by atoms with E-state index in [2.05, 4.69) is 0 Å². The Labute approximate surface area is 304 Å². The van der Waals surface area contributed by atoms with E-state index in [1.165, 1.54) is 0 Å². The normalized spacial score (nSPS) is 28.0. The second-order valence-electron chi connectivity index (χ2n) is 11.5. The first-order valence-electron chi connectivity index (χ1n) is 16.3. The average Bonchev–Trinajstić information content (AvgIpc) is 3.01. The fourth-order valence-corrected chi connectivity index (χ4v) is 5.23. The minimum Gasteiger partial charge on any atom is -0.456 e. The van der Waals surface area contributed by atoms with E-state index in [9.17, 15) is 38.4 Å². The Bertz CT molecular complexity index is 1200. The molecule has 2 heterocycles. The summed E-state index contributed by atoms with van der Waals surface area (Å²) in [6.07, 6.45) is -13.8. The van der Waals surface area contributed by atoms with Crippen molar-refractivity contribution in [2.75, 3.05) is 39.6 Å². The van der Waals surface area contributed by atoms with Crippen LogP contribution in [-0.2, 0) is 99.9 Å². The second-order valence-corrected chi connectivity index (χ2v) is 11.5. The number of hydrogen-bond donors (Lipinski definition) is 0. The first kappa shape index (κ1) is 44.7. The lowest BCUT2D eigenvalue weighted by Gasteiger charge is -2.43. The van der Waals surface area contributed by atoms with E-state index in [1.54, 1.807) is 0 Å². The van der Waals surface area contributed by atoms with Crippen molar-refractivity contribution < 1.29 is 99.9 Å². The molecule has 0 saturated carbocycles. The van der Waals surface area contributed by atoms with Crippen molar-refractivity contribution in [3.63, 3.8) is 0 Å². The molecule has 2 rings (SSSR count). The highest BCUT2D eigenvalue weighted by atomic mass is 16.8. The van der Waals surface area contributed by atoms with E-state index < -0.39 is 109 Å². The summed E-state index contributed by atoms with van der Waals surface area (Å²) < 4.78 is 70.4. The predicted molar refractivity (Wildman–Crippen MR) is 167 cm³/mol. The van der Waals surface area contributed by atoms with Gasteiger partial charge in [-0.05, 0) is 0 Å². The highest BCUT2D eigenvalue weighted by Crippen LogP contribution is 2.31. The van der Waals surface area contributed by atoms with Crippen molar-refractivity contribution in [2.24, 2.45) is 0 Å². The Kier molecular flexibility index (Phi) is 18.5. The van der Waals surface area contributed by atoms with Gasteiger partial charge in [0.15, 0.2) is 24.4 Å². The molecule has 0 spiro atoms. The fraction of sp³-hybridized carbons (Fsp3) is 0.750. The zero-order valence-electron chi connectivity index (χ0n) is 30.6. The summed E-state index contributed by atoms with van der Waals surface area (Å²) in [5, 5.41) is 0. The van der Waals surface area contributed by atoms with Crippen molar-refractivity contribution in [3.8, 4) is 0 Å². The molecular formula is C32H46O21. The van der Waals surface area contributed by atoms with Gasteiger partial charge < -0.3 is 61.6 Å². The van der Waals surface area contributed by atoms with Crippen molar-refractivity contribution in [2.45, 2.75) is 117 Å². The Morgan fingerprint density at radius 2 is 0.585 bits per heavy atom. The van der Waals surface area contributed by atoms with Crippen molar-refractivity contribution >= 4 is 47.8 Å². The lowest BCUT2D eigenvalue weighted by molar-refractivity contribution is -0.301. The van der Waals surface area contributed by atoms with E-state index in [4.69, 9.17) is 61.6 Å². The average molecular weight is 767 g/mol. The zero-order chi connectivity index (χ0) is 39.8. The standard InChI is InChI=1S/C32H46O21/c1-15(33)44-25-23(52-31(50-21(7)39)29(48-19(5)37)27(25)46-17(3)35)13-42-11-9-41-10-12-43-14-24-26(45-16(2)34)28(47-18(4)36)30(49-20(6)38)32(53-24)51-22(8)40/h23-32H,9-14H2,1-8H3/t23-,24-,25+,26+,27+,28+,29-,30-,31?,32?/m1/s1. The number of carbonyl (C=O) groups excluding carboxylic acids is 8. The van der Waals surface area contributed by atoms with Gasteiger partial charge in [-0.2, -0.15) is 0 Å². The number of ether oxygens (including phenoxy) is 13. The largest absolute Gasteiger partial charge is 0.456 e. The summed E-state index contributed by atoms with van der Waals surface area (Å²) in [5.41, 5.74) is 0. The quantitative estimate of drug-likeness (QED) is 0.0940. The van der Waals surface area contributed by atoms with Gasteiger partial charge in [0.05, 0.1) is 39.6 Å². The topological polar surface area (TPSA) is 257 Å². The molecule has 2 unspecified atom stereocenters. The number of carbonyl (C=O) groups is 8. The Morgan fingerprint density at radius 1 is 0.340 bits per heavy atom. The molecule has 0 N–H and O–H groups in total. The van der Waals surface area contributed by atoms with E-state index in [0.717, 1.165) is 55.4 Å². The molecule has 2 aliphatic heterocycles. The highest BCUT2D eigenvalue weighted by molar-refractivity contribution is 5.70. The zero-order valence-corrected chi connectivity index (χ0v) is 30.6. The second kappa shape index (κ2) is 21.9. The Morgan fingerprint density at radius 3 is 0.868 bits per heavy atom. The minimum absolute atomic E-state index is 0.00819. The molecule has 0 aromatic rings. The SMILES string of the molecule is CC(=O)OC1O[C@H](COCCOCCOC[C@H]2OC(OC(C)=O)[C@H](OC(C)=O)[C@@H](OC(C)=O)[C@H]2OC(C)=O)[C@H](OC(C)=O)[C@H](OC(C)=O)[C@H]1OC(C)=O. The van der Waals surface area contributed by atoms with Crippen LogP contribution in [0.15, 0.2) is 0 Å². The molecule has 0 amide bonds. The number of rotatable bonds is 18. The molecule has 0 aliphatic carbocycles. The van der Waals surface area contributed by atoms with Crippen molar-refractivity contribution in [3.05, 3.63) is 0 Å². The van der Waals surface area contributed by atoms with Gasteiger partial charge in [-0.25, -0.2) is 0 Å². The molecule has 2 aliphatic rings. The third-order valence-electron chi connectivity index (χ3n) is 6.87. The maximum Gasteiger partial charge on any atom is 0.305 e. The maximum atomic E-state index is 11.9. The van der Waals surface area contributed by atoms with Gasteiger partial charge in [-0.3, -0.25) is 38.4 Å². The van der Waals surface area contributed by atoms with Crippen LogP contribution in [0.1, 0.15) is 55.4 Å². The van der Waals surface area contributed by atoms with Crippen LogP contribution in [0.4, 0.5) is 0 Å². The van der Waals surface area contributed by atoms with Crippen LogP contribution in [-0.4, -0.2) is 149 Å². The summed E-state index contributed by atoms with van der Waals surface area (Å²) in [6.45, 7) is 8.06. The number of hydrogen-bond acceptors (Lipinski definition) is 21. The van der Waals surface area contributed by atoms with E-state index in [1.807, 2.05) is 0 Å². The molecular weight excluding hydrogens is 720 g/mol. The van der Waals surface area contributed by atoms with Crippen LogP contribution in [0.25, 0.3) is 0 Å². The van der Waals surface area contributed by atoms with Crippen LogP contribution in [0.3, 0.4) is 0 Å². The summed E-state index contributed by atoms with van der Waals surface area (Å²) in [6, 6.07) is 0. The molecule has 0 radical (unpaired) electrons. The Hall–Kier alpha value is -4.44. The lowest BCUT2D eigenvalue weighted by atomic mass is 9.98. The van der Waals surface area contributed by atoms with Gasteiger partial charge in [0.1, 0.15) is 12.2 Å². The first-order valence-corrected chi connectivity index (χ1v) is 16.3. The summed E-state index contributed by atoms with van der Waals surface area (Å²) in [4.78, 5) is 94.9. The minimum atomic E-state index is -1.54. The van der Waals surface area contributed by atoms with Crippen LogP contribution < -0.4 is 0 Å². The van der Waals surface area contributed by atoms with Gasteiger partial charge in [-0.15, -0.1) is 0 Å². The molecule has 21 nitrogen and oxygen atoms in total. The maximum absolute atomic E-state index is 11.9. The first-order chi connectivity index (χ1) is 24.9. The van der Waals surface area contributed by atoms with Crippen LogP contribution >= 0.6 is 0 Å². The van der Waals surface area contributed by atoms with E-state index in [-0.39, 0.29) is 39.6 Å². The molecule has 2 saturated heterocycles. The molecule has 2 fully saturated rings. The smallest absolute Gasteiger partial charge is 0.305 e. The van der Waals surface area contributed by atoms with Crippen LogP contribution in [0, 0.1) is 0 Å². The lowest BCUT2D eigenvalue weighted by Crippen LogP contribution is -2.63. The van der Waals surface area contributed by atoms with Crippen LogP contribution in [0.2, 0.25) is 0 Å². The molecule has 53 heavy (non-hydrogen) atoms. The molecule has 300 valence electrons. The summed E-state index contributed by atoms with van der Waals surface area (Å²) in [7, 11) is 0. The Balaban J connectivity index is 2.00. The molecule has 0 bridgehead atoms. The van der Waals surface area contributed by atoms with Gasteiger partial charge in [0.25, 0.3) is 0 Å². The van der Waals surface area contributed by atoms with E-state index in [0.29, 0.717) is 0 Å². The molecule has 10 atom stereocenters. The van der Waals surface area contributed by atoms with Gasteiger partial charge in [-0.1, -0.05) is 0 Å². The van der Waals surface area contributed by atoms with Gasteiger partial charge in [0.2, 0.25) is 24.8 Å². The predicted octanol–water partition coefficient (Wildman–Crippen LogP) is -0.798. The summed E-state index contributed by atoms with van der Waals surface area (Å²) in [5.74, 6) is -6.39. The van der Waals surface area contributed by atoms with Crippen molar-refractivity contribution in [1.29, 1.82) is 0 Å². The van der Waals surface area contributed by atoms with Crippen molar-refractivity contribution in [1.82, 2.24) is 0 Å². The molecule has 0 aromatic carbocycles. The molecule has 21 heteroatoms. The third-order valence-corrected chi connectivity index (χ3v) is 6.87.